The molecule has 0 spiro atoms. The standard InChI is InChI=1S/C14H20N2O5/c1-10(11-5-4-6-12(7-11)16(19)20)14(18)15(2)8-13(17)9-21-3/h4-7,10,13,17H,8-9H2,1-3H3. The number of carbonyl (C=O) groups excluding carboxylic acids is 1. The third-order valence-corrected chi connectivity index (χ3v) is 3.17. The van der Waals surface area contributed by atoms with E-state index in [2.05, 4.69) is 0 Å². The molecule has 0 heterocycles. The quantitative estimate of drug-likeness (QED) is 0.602. The van der Waals surface area contributed by atoms with E-state index >= 15 is 0 Å². The van der Waals surface area contributed by atoms with Crippen LogP contribution in [-0.2, 0) is 9.53 Å². The Morgan fingerprint density at radius 2 is 2.19 bits per heavy atom. The van der Waals surface area contributed by atoms with Gasteiger partial charge in [0.2, 0.25) is 5.91 Å². The van der Waals surface area contributed by atoms with E-state index in [0.717, 1.165) is 0 Å². The number of aliphatic hydroxyl groups is 1. The molecule has 0 bridgehead atoms. The first kappa shape index (κ1) is 17.1. The van der Waals surface area contributed by atoms with Crippen LogP contribution in [0.4, 0.5) is 5.69 Å². The highest BCUT2D eigenvalue weighted by Gasteiger charge is 2.22. The Hall–Kier alpha value is -1.99. The van der Waals surface area contributed by atoms with E-state index in [1.54, 1.807) is 26.1 Å². The number of nitro groups is 1. The maximum Gasteiger partial charge on any atom is 0.269 e. The molecule has 0 aromatic heterocycles. The summed E-state index contributed by atoms with van der Waals surface area (Å²) in [5.41, 5.74) is 0.525. The number of methoxy groups -OCH3 is 1. The van der Waals surface area contributed by atoms with Crippen molar-refractivity contribution in [2.24, 2.45) is 0 Å². The number of nitrogens with zero attached hydrogens (tertiary/aromatic N) is 2. The van der Waals surface area contributed by atoms with Crippen molar-refractivity contribution in [3.63, 3.8) is 0 Å². The second-order valence-corrected chi connectivity index (χ2v) is 4.90. The van der Waals surface area contributed by atoms with Crippen molar-refractivity contribution in [1.82, 2.24) is 4.90 Å². The molecule has 1 aromatic rings. The van der Waals surface area contributed by atoms with Gasteiger partial charge in [0.1, 0.15) is 0 Å². The summed E-state index contributed by atoms with van der Waals surface area (Å²) < 4.78 is 4.81. The van der Waals surface area contributed by atoms with E-state index in [1.165, 1.54) is 24.1 Å². The lowest BCUT2D eigenvalue weighted by Gasteiger charge is -2.23. The molecule has 0 saturated heterocycles. The lowest BCUT2D eigenvalue weighted by Crippen LogP contribution is -2.38. The second kappa shape index (κ2) is 7.70. The van der Waals surface area contributed by atoms with E-state index in [-0.39, 0.29) is 24.7 Å². The van der Waals surface area contributed by atoms with E-state index in [4.69, 9.17) is 4.74 Å². The van der Waals surface area contributed by atoms with Gasteiger partial charge in [-0.2, -0.15) is 0 Å². The van der Waals surface area contributed by atoms with Crippen molar-refractivity contribution in [1.29, 1.82) is 0 Å². The van der Waals surface area contributed by atoms with Crippen molar-refractivity contribution < 1.29 is 19.6 Å². The minimum absolute atomic E-state index is 0.0470. The zero-order valence-corrected chi connectivity index (χ0v) is 12.4. The third kappa shape index (κ3) is 4.80. The predicted molar refractivity (Wildman–Crippen MR) is 77.0 cm³/mol. The van der Waals surface area contributed by atoms with Gasteiger partial charge >= 0.3 is 0 Å². The highest BCUT2D eigenvalue weighted by molar-refractivity contribution is 5.83. The number of hydrogen-bond acceptors (Lipinski definition) is 5. The number of amides is 1. The fourth-order valence-corrected chi connectivity index (χ4v) is 2.03. The van der Waals surface area contributed by atoms with Gasteiger partial charge in [0.25, 0.3) is 5.69 Å². The molecular formula is C14H20N2O5. The topological polar surface area (TPSA) is 92.9 Å². The van der Waals surface area contributed by atoms with Crippen LogP contribution in [0.3, 0.4) is 0 Å². The SMILES string of the molecule is COCC(O)CN(C)C(=O)C(C)c1cccc([N+](=O)[O-])c1. The molecule has 0 aliphatic heterocycles. The Balaban J connectivity index is 2.77. The Morgan fingerprint density at radius 1 is 1.52 bits per heavy atom. The molecule has 1 amide bonds. The zero-order valence-electron chi connectivity index (χ0n) is 12.4. The van der Waals surface area contributed by atoms with Gasteiger partial charge in [-0.25, -0.2) is 0 Å². The summed E-state index contributed by atoms with van der Waals surface area (Å²) in [5.74, 6) is -0.740. The molecule has 1 N–H and O–H groups in total. The molecule has 7 nitrogen and oxygen atoms in total. The highest BCUT2D eigenvalue weighted by Crippen LogP contribution is 2.22. The fraction of sp³-hybridized carbons (Fsp3) is 0.500. The monoisotopic (exact) mass is 296 g/mol. The van der Waals surface area contributed by atoms with E-state index in [0.29, 0.717) is 5.56 Å². The van der Waals surface area contributed by atoms with Crippen molar-refractivity contribution in [3.8, 4) is 0 Å². The van der Waals surface area contributed by atoms with Crippen molar-refractivity contribution in [2.45, 2.75) is 18.9 Å². The summed E-state index contributed by atoms with van der Waals surface area (Å²) in [5, 5.41) is 20.4. The molecule has 0 aliphatic carbocycles. The van der Waals surface area contributed by atoms with Gasteiger partial charge in [-0.3, -0.25) is 14.9 Å². The van der Waals surface area contributed by atoms with Crippen LogP contribution in [0, 0.1) is 10.1 Å². The number of non-ortho nitro benzene ring substituents is 1. The first-order chi connectivity index (χ1) is 9.86. The average Bonchev–Trinajstić information content (AvgIpc) is 2.45. The van der Waals surface area contributed by atoms with E-state index < -0.39 is 16.9 Å². The maximum absolute atomic E-state index is 12.3. The number of rotatable bonds is 7. The molecule has 116 valence electrons. The molecule has 0 radical (unpaired) electrons. The molecule has 2 atom stereocenters. The molecule has 21 heavy (non-hydrogen) atoms. The zero-order chi connectivity index (χ0) is 16.0. The van der Waals surface area contributed by atoms with Gasteiger partial charge in [-0.05, 0) is 12.5 Å². The first-order valence-corrected chi connectivity index (χ1v) is 6.53. The maximum atomic E-state index is 12.3. The molecule has 0 fully saturated rings. The largest absolute Gasteiger partial charge is 0.389 e. The van der Waals surface area contributed by atoms with Crippen molar-refractivity contribution >= 4 is 11.6 Å². The fourth-order valence-electron chi connectivity index (χ4n) is 2.03. The Morgan fingerprint density at radius 3 is 2.76 bits per heavy atom. The predicted octanol–water partition coefficient (Wildman–Crippen LogP) is 1.16. The van der Waals surface area contributed by atoms with E-state index in [1.807, 2.05) is 0 Å². The summed E-state index contributed by atoms with van der Waals surface area (Å²) >= 11 is 0. The molecule has 2 unspecified atom stereocenters. The molecule has 0 aliphatic rings. The number of likely N-dealkylation sites (N-methyl/N-ethyl adjacent to an activating group) is 1. The first-order valence-electron chi connectivity index (χ1n) is 6.53. The van der Waals surface area contributed by atoms with Crippen LogP contribution in [0.1, 0.15) is 18.4 Å². The number of ether oxygens (including phenoxy) is 1. The summed E-state index contributed by atoms with van der Waals surface area (Å²) in [4.78, 5) is 23.9. The number of nitro benzene ring substituents is 1. The lowest BCUT2D eigenvalue weighted by atomic mass is 9.99. The Bertz CT molecular complexity index is 506. The van der Waals surface area contributed by atoms with Crippen LogP contribution in [0.2, 0.25) is 0 Å². The van der Waals surface area contributed by atoms with Gasteiger partial charge in [0.15, 0.2) is 0 Å². The van der Waals surface area contributed by atoms with E-state index in [9.17, 15) is 20.0 Å². The van der Waals surface area contributed by atoms with Crippen LogP contribution >= 0.6 is 0 Å². The average molecular weight is 296 g/mol. The molecule has 1 rings (SSSR count). The normalized spacial score (nSPS) is 13.5. The minimum Gasteiger partial charge on any atom is -0.389 e. The van der Waals surface area contributed by atoms with Gasteiger partial charge in [-0.15, -0.1) is 0 Å². The molecular weight excluding hydrogens is 276 g/mol. The Kier molecular flexibility index (Phi) is 6.26. The molecule has 7 heteroatoms. The summed E-state index contributed by atoms with van der Waals surface area (Å²) in [6.07, 6.45) is -0.763. The van der Waals surface area contributed by atoms with Gasteiger partial charge in [0, 0.05) is 32.8 Å². The van der Waals surface area contributed by atoms with Gasteiger partial charge < -0.3 is 14.7 Å². The van der Waals surface area contributed by atoms with Crippen molar-refractivity contribution in [3.05, 3.63) is 39.9 Å². The highest BCUT2D eigenvalue weighted by atomic mass is 16.6. The summed E-state index contributed by atoms with van der Waals surface area (Å²) in [7, 11) is 3.05. The molecule has 0 saturated carbocycles. The summed E-state index contributed by atoms with van der Waals surface area (Å²) in [6, 6.07) is 6.00. The van der Waals surface area contributed by atoms with Gasteiger partial charge in [0.05, 0.1) is 23.6 Å². The van der Waals surface area contributed by atoms with Crippen LogP contribution < -0.4 is 0 Å². The summed E-state index contributed by atoms with van der Waals surface area (Å²) in [6.45, 7) is 1.97. The lowest BCUT2D eigenvalue weighted by molar-refractivity contribution is -0.384. The number of carbonyl (C=O) groups is 1. The number of aliphatic hydroxyl groups excluding tert-OH is 1. The van der Waals surface area contributed by atoms with Crippen LogP contribution in [0.5, 0.6) is 0 Å². The van der Waals surface area contributed by atoms with Crippen LogP contribution in [0.15, 0.2) is 24.3 Å². The second-order valence-electron chi connectivity index (χ2n) is 4.90. The number of benzene rings is 1. The minimum atomic E-state index is -0.763. The third-order valence-electron chi connectivity index (χ3n) is 3.17. The van der Waals surface area contributed by atoms with Crippen molar-refractivity contribution in [2.75, 3.05) is 27.3 Å². The molecule has 1 aromatic carbocycles. The van der Waals surface area contributed by atoms with Crippen LogP contribution in [-0.4, -0.2) is 54.3 Å². The van der Waals surface area contributed by atoms with Gasteiger partial charge in [-0.1, -0.05) is 12.1 Å². The smallest absolute Gasteiger partial charge is 0.269 e. The van der Waals surface area contributed by atoms with Crippen LogP contribution in [0.25, 0.3) is 0 Å². The number of hydrogen-bond donors (Lipinski definition) is 1. The Labute approximate surface area is 123 Å².